The SMILES string of the molecule is COc1ccccc1/C=N\NC1=N[C@@H](CC(=O)Nc2ccc(F)c(F)c2)C(=O)N1. The first-order valence-corrected chi connectivity index (χ1v) is 8.52. The van der Waals surface area contributed by atoms with Crippen molar-refractivity contribution in [2.24, 2.45) is 10.1 Å². The van der Waals surface area contributed by atoms with E-state index in [0.29, 0.717) is 5.75 Å². The summed E-state index contributed by atoms with van der Waals surface area (Å²) in [5.41, 5.74) is 3.38. The Balaban J connectivity index is 1.57. The lowest BCUT2D eigenvalue weighted by atomic mass is 10.2. The second-order valence-corrected chi connectivity index (χ2v) is 5.98. The van der Waals surface area contributed by atoms with Gasteiger partial charge < -0.3 is 10.1 Å². The molecule has 2 amide bonds. The average Bonchev–Trinajstić information content (AvgIpc) is 3.04. The molecule has 0 unspecified atom stereocenters. The molecule has 3 rings (SSSR count). The number of methoxy groups -OCH3 is 1. The summed E-state index contributed by atoms with van der Waals surface area (Å²) in [6.07, 6.45) is 1.23. The molecule has 0 aromatic heterocycles. The Hall–Kier alpha value is -3.82. The van der Waals surface area contributed by atoms with E-state index in [1.165, 1.54) is 19.4 Å². The molecule has 1 heterocycles. The maximum Gasteiger partial charge on any atom is 0.252 e. The fourth-order valence-corrected chi connectivity index (χ4v) is 2.54. The van der Waals surface area contributed by atoms with Gasteiger partial charge in [0.25, 0.3) is 5.91 Å². The lowest BCUT2D eigenvalue weighted by Gasteiger charge is -2.07. The van der Waals surface area contributed by atoms with E-state index >= 15 is 0 Å². The molecule has 29 heavy (non-hydrogen) atoms. The minimum absolute atomic E-state index is 0.0797. The highest BCUT2D eigenvalue weighted by Crippen LogP contribution is 2.15. The first-order chi connectivity index (χ1) is 14.0. The van der Waals surface area contributed by atoms with Crippen LogP contribution in [-0.4, -0.2) is 37.1 Å². The Labute approximate surface area is 164 Å². The van der Waals surface area contributed by atoms with Gasteiger partial charge in [-0.3, -0.25) is 14.9 Å². The number of ether oxygens (including phenoxy) is 1. The average molecular weight is 401 g/mol. The maximum absolute atomic E-state index is 13.2. The first-order valence-electron chi connectivity index (χ1n) is 8.52. The van der Waals surface area contributed by atoms with Crippen LogP contribution in [0.5, 0.6) is 5.75 Å². The molecular formula is C19H17F2N5O3. The summed E-state index contributed by atoms with van der Waals surface area (Å²) in [6, 6.07) is 9.21. The van der Waals surface area contributed by atoms with Crippen LogP contribution >= 0.6 is 0 Å². The third-order valence-electron chi connectivity index (χ3n) is 3.92. The van der Waals surface area contributed by atoms with Crippen LogP contribution in [0.4, 0.5) is 14.5 Å². The molecule has 10 heteroatoms. The Bertz CT molecular complexity index is 994. The van der Waals surface area contributed by atoms with E-state index in [0.717, 1.165) is 17.7 Å². The molecule has 150 valence electrons. The lowest BCUT2D eigenvalue weighted by Crippen LogP contribution is -2.35. The van der Waals surface area contributed by atoms with Crippen molar-refractivity contribution >= 4 is 29.7 Å². The highest BCUT2D eigenvalue weighted by molar-refractivity contribution is 6.07. The van der Waals surface area contributed by atoms with E-state index < -0.39 is 29.5 Å². The fourth-order valence-electron chi connectivity index (χ4n) is 2.54. The number of carbonyl (C=O) groups is 2. The summed E-state index contributed by atoms with van der Waals surface area (Å²) in [5, 5.41) is 8.85. The number of hydrazone groups is 1. The molecule has 3 N–H and O–H groups in total. The van der Waals surface area contributed by atoms with Crippen LogP contribution in [0.1, 0.15) is 12.0 Å². The fraction of sp³-hybridized carbons (Fsp3) is 0.158. The topological polar surface area (TPSA) is 104 Å². The molecule has 0 aliphatic carbocycles. The summed E-state index contributed by atoms with van der Waals surface area (Å²) in [6.45, 7) is 0. The van der Waals surface area contributed by atoms with Gasteiger partial charge in [0, 0.05) is 17.3 Å². The van der Waals surface area contributed by atoms with Crippen LogP contribution in [0.2, 0.25) is 0 Å². The van der Waals surface area contributed by atoms with Gasteiger partial charge >= 0.3 is 0 Å². The van der Waals surface area contributed by atoms with Crippen molar-refractivity contribution in [3.05, 3.63) is 59.7 Å². The minimum Gasteiger partial charge on any atom is -0.496 e. The number of guanidine groups is 1. The molecule has 2 aromatic rings. The standard InChI is InChI=1S/C19H17F2N5O3/c1-29-16-5-3-2-4-11(16)10-22-26-19-24-15(18(28)25-19)9-17(27)23-12-6-7-13(20)14(21)8-12/h2-8,10,15H,9H2,1H3,(H,23,27)(H2,24,25,26,28)/b22-10-/t15-/m0/s1. The van der Waals surface area contributed by atoms with Crippen molar-refractivity contribution in [2.45, 2.75) is 12.5 Å². The van der Waals surface area contributed by atoms with Gasteiger partial charge in [-0.05, 0) is 24.3 Å². The third-order valence-corrected chi connectivity index (χ3v) is 3.92. The van der Waals surface area contributed by atoms with Crippen molar-refractivity contribution in [2.75, 3.05) is 12.4 Å². The number of rotatable bonds is 6. The van der Waals surface area contributed by atoms with Gasteiger partial charge in [-0.1, -0.05) is 12.1 Å². The van der Waals surface area contributed by atoms with Crippen molar-refractivity contribution in [1.82, 2.24) is 10.7 Å². The molecule has 1 atom stereocenters. The second kappa shape index (κ2) is 8.91. The minimum atomic E-state index is -1.08. The van der Waals surface area contributed by atoms with E-state index in [1.807, 2.05) is 12.1 Å². The van der Waals surface area contributed by atoms with E-state index in [-0.39, 0.29) is 18.1 Å². The van der Waals surface area contributed by atoms with Gasteiger partial charge in [0.1, 0.15) is 11.8 Å². The van der Waals surface area contributed by atoms with Gasteiger partial charge in [-0.15, -0.1) is 0 Å². The van der Waals surface area contributed by atoms with Gasteiger partial charge in [0.05, 0.1) is 19.7 Å². The Kier molecular flexibility index (Phi) is 6.12. The number of nitrogens with one attached hydrogen (secondary N) is 3. The molecule has 8 nitrogen and oxygen atoms in total. The Morgan fingerprint density at radius 1 is 1.28 bits per heavy atom. The molecule has 1 aliphatic heterocycles. The molecule has 0 spiro atoms. The predicted molar refractivity (Wildman–Crippen MR) is 103 cm³/mol. The number of amides is 2. The highest BCUT2D eigenvalue weighted by atomic mass is 19.2. The molecule has 0 saturated heterocycles. The molecule has 0 bridgehead atoms. The van der Waals surface area contributed by atoms with Crippen LogP contribution < -0.4 is 20.8 Å². The quantitative estimate of drug-likeness (QED) is 0.507. The number of hydrogen-bond acceptors (Lipinski definition) is 6. The molecule has 2 aromatic carbocycles. The van der Waals surface area contributed by atoms with Gasteiger partial charge in [-0.25, -0.2) is 19.2 Å². The molecular weight excluding hydrogens is 384 g/mol. The van der Waals surface area contributed by atoms with Gasteiger partial charge in [0.2, 0.25) is 11.9 Å². The van der Waals surface area contributed by atoms with Crippen molar-refractivity contribution in [3.63, 3.8) is 0 Å². The summed E-state index contributed by atoms with van der Waals surface area (Å²) >= 11 is 0. The normalized spacial score (nSPS) is 15.8. The number of para-hydroxylation sites is 1. The number of nitrogens with zero attached hydrogens (tertiary/aromatic N) is 2. The third kappa shape index (κ3) is 5.12. The summed E-state index contributed by atoms with van der Waals surface area (Å²) < 4.78 is 31.3. The number of hydrogen-bond donors (Lipinski definition) is 3. The predicted octanol–water partition coefficient (Wildman–Crippen LogP) is 1.78. The van der Waals surface area contributed by atoms with Gasteiger partial charge in [0.15, 0.2) is 11.6 Å². The number of halogens is 2. The number of benzene rings is 2. The largest absolute Gasteiger partial charge is 0.496 e. The number of carbonyl (C=O) groups excluding carboxylic acids is 2. The smallest absolute Gasteiger partial charge is 0.252 e. The van der Waals surface area contributed by atoms with E-state index in [4.69, 9.17) is 4.74 Å². The zero-order chi connectivity index (χ0) is 20.8. The van der Waals surface area contributed by atoms with Crippen LogP contribution in [0.15, 0.2) is 52.6 Å². The van der Waals surface area contributed by atoms with Crippen LogP contribution in [0, 0.1) is 11.6 Å². The number of anilines is 1. The Morgan fingerprint density at radius 2 is 2.07 bits per heavy atom. The molecule has 0 fully saturated rings. The van der Waals surface area contributed by atoms with Crippen LogP contribution in [0.25, 0.3) is 0 Å². The lowest BCUT2D eigenvalue weighted by molar-refractivity contribution is -0.123. The van der Waals surface area contributed by atoms with Gasteiger partial charge in [-0.2, -0.15) is 5.10 Å². The number of aliphatic imine (C=N–C) groups is 1. The van der Waals surface area contributed by atoms with Crippen LogP contribution in [-0.2, 0) is 9.59 Å². The summed E-state index contributed by atoms with van der Waals surface area (Å²) in [4.78, 5) is 28.1. The zero-order valence-corrected chi connectivity index (χ0v) is 15.3. The molecule has 0 saturated carbocycles. The zero-order valence-electron chi connectivity index (χ0n) is 15.3. The highest BCUT2D eigenvalue weighted by Gasteiger charge is 2.28. The van der Waals surface area contributed by atoms with Crippen molar-refractivity contribution in [1.29, 1.82) is 0 Å². The van der Waals surface area contributed by atoms with Crippen molar-refractivity contribution in [3.8, 4) is 5.75 Å². The molecule has 1 aliphatic rings. The Morgan fingerprint density at radius 3 is 2.83 bits per heavy atom. The van der Waals surface area contributed by atoms with Crippen molar-refractivity contribution < 1.29 is 23.1 Å². The summed E-state index contributed by atoms with van der Waals surface area (Å²) in [5.74, 6) is -2.45. The summed E-state index contributed by atoms with van der Waals surface area (Å²) in [7, 11) is 1.54. The second-order valence-electron chi connectivity index (χ2n) is 5.98. The van der Waals surface area contributed by atoms with E-state index in [1.54, 1.807) is 12.1 Å². The monoisotopic (exact) mass is 401 g/mol. The maximum atomic E-state index is 13.2. The van der Waals surface area contributed by atoms with E-state index in [2.05, 4.69) is 26.2 Å². The van der Waals surface area contributed by atoms with Crippen LogP contribution in [0.3, 0.4) is 0 Å². The molecule has 0 radical (unpaired) electrons. The van der Waals surface area contributed by atoms with E-state index in [9.17, 15) is 18.4 Å². The first kappa shape index (κ1) is 19.9.